The third-order valence-corrected chi connectivity index (χ3v) is 3.60. The molecule has 1 aromatic carbocycles. The predicted octanol–water partition coefficient (Wildman–Crippen LogP) is 2.75. The lowest BCUT2D eigenvalue weighted by Gasteiger charge is -2.28. The van der Waals surface area contributed by atoms with Crippen molar-refractivity contribution in [1.82, 2.24) is 4.98 Å². The van der Waals surface area contributed by atoms with Gasteiger partial charge in [0.15, 0.2) is 5.82 Å². The molecule has 1 aromatic heterocycles. The maximum Gasteiger partial charge on any atom is 0.425 e. The van der Waals surface area contributed by atoms with Crippen molar-refractivity contribution < 1.29 is 19.1 Å². The highest BCUT2D eigenvalue weighted by atomic mass is 16.6. The lowest BCUT2D eigenvalue weighted by Crippen LogP contribution is -2.44. The van der Waals surface area contributed by atoms with Crippen molar-refractivity contribution in [2.24, 2.45) is 0 Å². The van der Waals surface area contributed by atoms with E-state index in [4.69, 9.17) is 15.2 Å². The van der Waals surface area contributed by atoms with Crippen LogP contribution in [0, 0.1) is 0 Å². The van der Waals surface area contributed by atoms with E-state index in [0.717, 1.165) is 15.7 Å². The number of nitrogen functional groups attached to an aromatic ring is 1. The number of pyridine rings is 1. The Bertz CT molecular complexity index is 857. The zero-order chi connectivity index (χ0) is 20.6. The largest absolute Gasteiger partial charge is 0.443 e. The Balaban J connectivity index is 2.63. The van der Waals surface area contributed by atoms with Gasteiger partial charge in [-0.1, -0.05) is 5.46 Å². The molecule has 27 heavy (non-hydrogen) atoms. The first-order valence-electron chi connectivity index (χ1n) is 8.70. The average molecular weight is 371 g/mol. The van der Waals surface area contributed by atoms with Crippen LogP contribution < -0.4 is 16.1 Å². The van der Waals surface area contributed by atoms with E-state index in [1.807, 2.05) is 7.85 Å². The Morgan fingerprint density at radius 2 is 1.48 bits per heavy atom. The molecule has 0 aliphatic carbocycles. The number of benzene rings is 1. The molecule has 0 atom stereocenters. The van der Waals surface area contributed by atoms with Crippen LogP contribution in [0.1, 0.15) is 41.5 Å². The van der Waals surface area contributed by atoms with Crippen molar-refractivity contribution in [1.29, 1.82) is 0 Å². The molecule has 1 heterocycles. The van der Waals surface area contributed by atoms with Gasteiger partial charge in [-0.2, -0.15) is 4.90 Å². The van der Waals surface area contributed by atoms with Crippen molar-refractivity contribution in [2.45, 2.75) is 52.7 Å². The van der Waals surface area contributed by atoms with Crippen LogP contribution in [0.2, 0.25) is 0 Å². The molecule has 7 nitrogen and oxygen atoms in total. The van der Waals surface area contributed by atoms with Crippen LogP contribution in [0.25, 0.3) is 10.8 Å². The Hall–Kier alpha value is -2.77. The molecular formula is C19H26BN3O4. The molecule has 0 spiro atoms. The highest BCUT2D eigenvalue weighted by Gasteiger charge is 2.34. The topological polar surface area (TPSA) is 94.8 Å². The van der Waals surface area contributed by atoms with E-state index in [2.05, 4.69) is 4.98 Å². The number of nitrogens with two attached hydrogens (primary N) is 1. The molecule has 0 unspecified atom stereocenters. The van der Waals surface area contributed by atoms with Gasteiger partial charge >= 0.3 is 12.2 Å². The van der Waals surface area contributed by atoms with Gasteiger partial charge in [-0.15, -0.1) is 0 Å². The van der Waals surface area contributed by atoms with E-state index < -0.39 is 23.4 Å². The molecule has 0 aliphatic heterocycles. The maximum atomic E-state index is 12.8. The van der Waals surface area contributed by atoms with Crippen molar-refractivity contribution in [3.05, 3.63) is 24.4 Å². The smallest absolute Gasteiger partial charge is 0.425 e. The van der Waals surface area contributed by atoms with Gasteiger partial charge in [-0.05, 0) is 65.1 Å². The standard InChI is InChI=1S/C19H26BN3O4/c1-18(2,3)26-16(24)23(17(25)27-19(4,5)6)15-12-7-8-13(21)14(20)11(12)9-10-22-15/h7-10H,20-21H2,1-6H3. The molecule has 0 saturated carbocycles. The summed E-state index contributed by atoms with van der Waals surface area (Å²) >= 11 is 0. The van der Waals surface area contributed by atoms with Crippen LogP contribution in [0.4, 0.5) is 21.1 Å². The summed E-state index contributed by atoms with van der Waals surface area (Å²) in [7, 11) is 1.87. The monoisotopic (exact) mass is 371 g/mol. The number of rotatable bonds is 1. The van der Waals surface area contributed by atoms with E-state index in [1.54, 1.807) is 59.7 Å². The molecule has 2 aromatic rings. The zero-order valence-corrected chi connectivity index (χ0v) is 16.9. The first kappa shape index (κ1) is 20.5. The van der Waals surface area contributed by atoms with Gasteiger partial charge in [0.1, 0.15) is 19.0 Å². The number of amides is 2. The van der Waals surface area contributed by atoms with E-state index in [1.165, 1.54) is 6.20 Å². The van der Waals surface area contributed by atoms with Gasteiger partial charge in [0.05, 0.1) is 0 Å². The summed E-state index contributed by atoms with van der Waals surface area (Å²) in [5, 5.41) is 1.39. The molecule has 0 radical (unpaired) electrons. The van der Waals surface area contributed by atoms with Crippen LogP contribution in [-0.4, -0.2) is 36.2 Å². The van der Waals surface area contributed by atoms with Gasteiger partial charge in [0.25, 0.3) is 0 Å². The Morgan fingerprint density at radius 3 is 1.96 bits per heavy atom. The Labute approximate surface area is 160 Å². The minimum atomic E-state index is -0.855. The lowest BCUT2D eigenvalue weighted by atomic mass is 9.89. The van der Waals surface area contributed by atoms with Crippen molar-refractivity contribution in [2.75, 3.05) is 10.6 Å². The van der Waals surface area contributed by atoms with Crippen LogP contribution in [-0.2, 0) is 9.47 Å². The van der Waals surface area contributed by atoms with Gasteiger partial charge in [0.2, 0.25) is 0 Å². The number of aromatic nitrogens is 1. The van der Waals surface area contributed by atoms with Crippen LogP contribution >= 0.6 is 0 Å². The molecular weight excluding hydrogens is 345 g/mol. The minimum absolute atomic E-state index is 0.138. The summed E-state index contributed by atoms with van der Waals surface area (Å²) in [6.45, 7) is 10.3. The molecule has 0 saturated heterocycles. The van der Waals surface area contributed by atoms with E-state index in [0.29, 0.717) is 11.1 Å². The second kappa shape index (κ2) is 7.10. The number of nitrogens with zero attached hydrogens (tertiary/aromatic N) is 2. The molecule has 0 aliphatic rings. The average Bonchev–Trinajstić information content (AvgIpc) is 2.48. The van der Waals surface area contributed by atoms with Crippen LogP contribution in [0.5, 0.6) is 0 Å². The molecule has 144 valence electrons. The van der Waals surface area contributed by atoms with Crippen LogP contribution in [0.3, 0.4) is 0 Å². The van der Waals surface area contributed by atoms with Gasteiger partial charge < -0.3 is 15.2 Å². The molecule has 2 N–H and O–H groups in total. The SMILES string of the molecule is Bc1c(N)ccc2c(N(C(=O)OC(C)(C)C)C(=O)OC(C)(C)C)nccc12. The summed E-state index contributed by atoms with van der Waals surface area (Å²) in [5.74, 6) is 0.138. The first-order chi connectivity index (χ1) is 12.3. The Morgan fingerprint density at radius 1 is 0.963 bits per heavy atom. The number of hydrogen-bond acceptors (Lipinski definition) is 6. The number of ether oxygens (including phenoxy) is 2. The summed E-state index contributed by atoms with van der Waals surface area (Å²) in [5.41, 5.74) is 5.85. The summed E-state index contributed by atoms with van der Waals surface area (Å²) < 4.78 is 10.8. The number of imide groups is 1. The van der Waals surface area contributed by atoms with Crippen molar-refractivity contribution in [3.63, 3.8) is 0 Å². The first-order valence-corrected chi connectivity index (χ1v) is 8.70. The zero-order valence-electron chi connectivity index (χ0n) is 16.9. The molecule has 8 heteroatoms. The van der Waals surface area contributed by atoms with E-state index in [-0.39, 0.29) is 5.82 Å². The number of anilines is 2. The van der Waals surface area contributed by atoms with Gasteiger partial charge in [0, 0.05) is 17.3 Å². The van der Waals surface area contributed by atoms with E-state index in [9.17, 15) is 9.59 Å². The van der Waals surface area contributed by atoms with Crippen LogP contribution in [0.15, 0.2) is 24.4 Å². The number of hydrogen-bond donors (Lipinski definition) is 1. The maximum absolute atomic E-state index is 12.8. The summed E-state index contributed by atoms with van der Waals surface area (Å²) in [4.78, 5) is 30.7. The summed E-state index contributed by atoms with van der Waals surface area (Å²) in [6, 6.07) is 5.22. The highest BCUT2D eigenvalue weighted by Crippen LogP contribution is 2.27. The fraction of sp³-hybridized carbons (Fsp3) is 0.421. The number of fused-ring (bicyclic) bond motifs is 1. The molecule has 2 amide bonds. The third-order valence-electron chi connectivity index (χ3n) is 3.60. The highest BCUT2D eigenvalue weighted by molar-refractivity contribution is 6.42. The number of carbonyl (C=O) groups is 2. The van der Waals surface area contributed by atoms with Crippen molar-refractivity contribution in [3.8, 4) is 0 Å². The lowest BCUT2D eigenvalue weighted by molar-refractivity contribution is 0.0429. The van der Waals surface area contributed by atoms with Gasteiger partial charge in [-0.3, -0.25) is 0 Å². The molecule has 0 fully saturated rings. The minimum Gasteiger partial charge on any atom is -0.443 e. The summed E-state index contributed by atoms with van der Waals surface area (Å²) in [6.07, 6.45) is -0.191. The molecule has 2 rings (SSSR count). The van der Waals surface area contributed by atoms with E-state index >= 15 is 0 Å². The predicted molar refractivity (Wildman–Crippen MR) is 109 cm³/mol. The fourth-order valence-electron chi connectivity index (χ4n) is 2.45. The van der Waals surface area contributed by atoms with Gasteiger partial charge in [-0.25, -0.2) is 14.6 Å². The quantitative estimate of drug-likeness (QED) is 0.612. The second-order valence-electron chi connectivity index (χ2n) is 8.31. The fourth-order valence-corrected chi connectivity index (χ4v) is 2.45. The number of carbonyl (C=O) groups excluding carboxylic acids is 2. The Kier molecular flexibility index (Phi) is 5.40. The second-order valence-corrected chi connectivity index (χ2v) is 8.31. The van der Waals surface area contributed by atoms with Crippen molar-refractivity contribution >= 4 is 47.8 Å². The third kappa shape index (κ3) is 4.90. The molecule has 0 bridgehead atoms. The normalized spacial score (nSPS) is 11.9.